The maximum absolute atomic E-state index is 11.1. The third kappa shape index (κ3) is 5.70. The molecule has 0 bridgehead atoms. The molecule has 0 aliphatic heterocycles. The Morgan fingerprint density at radius 1 is 0.969 bits per heavy atom. The molecule has 0 spiro atoms. The third-order valence-electron chi connectivity index (χ3n) is 5.58. The number of rotatable bonds is 8. The summed E-state index contributed by atoms with van der Waals surface area (Å²) >= 11 is 0. The highest BCUT2D eigenvalue weighted by Crippen LogP contribution is 2.37. The van der Waals surface area contributed by atoms with Crippen LogP contribution in [-0.4, -0.2) is 18.2 Å². The van der Waals surface area contributed by atoms with E-state index in [-0.39, 0.29) is 17.8 Å². The van der Waals surface area contributed by atoms with Gasteiger partial charge in [-0.15, -0.1) is 0 Å². The Morgan fingerprint density at radius 3 is 2.34 bits per heavy atom. The fraction of sp³-hybridized carbons (Fsp3) is 0.321. The molecule has 0 radical (unpaired) electrons. The van der Waals surface area contributed by atoms with Gasteiger partial charge in [-0.25, -0.2) is 0 Å². The molecule has 0 heterocycles. The Labute approximate surface area is 190 Å². The van der Waals surface area contributed by atoms with Crippen LogP contribution < -0.4 is 9.47 Å². The standard InChI is InChI=1S/C28H32O4/c1-19(15-26(29)30)20-9-6-13-24(16-20)32-18-22-11-8-14-25(27(22)28(2,3)4)21-10-7-12-23(17-21)31-5/h6-14,16-17,19H,15,18H2,1-5H3,(H,29,30)/t19-/m1/s1. The summed E-state index contributed by atoms with van der Waals surface area (Å²) in [5, 5.41) is 9.09. The van der Waals surface area contributed by atoms with Crippen LogP contribution in [0.15, 0.2) is 66.7 Å². The van der Waals surface area contributed by atoms with Crippen molar-refractivity contribution in [3.8, 4) is 22.6 Å². The molecule has 0 aliphatic rings. The second-order valence-electron chi connectivity index (χ2n) is 9.18. The predicted octanol–water partition coefficient (Wildman–Crippen LogP) is 6.82. The minimum Gasteiger partial charge on any atom is -0.497 e. The van der Waals surface area contributed by atoms with Crippen LogP contribution in [0.4, 0.5) is 0 Å². The lowest BCUT2D eigenvalue weighted by Gasteiger charge is -2.27. The quantitative estimate of drug-likeness (QED) is 0.424. The summed E-state index contributed by atoms with van der Waals surface area (Å²) in [6.07, 6.45) is 0.0974. The van der Waals surface area contributed by atoms with Gasteiger partial charge in [0.1, 0.15) is 18.1 Å². The van der Waals surface area contributed by atoms with E-state index in [0.29, 0.717) is 6.61 Å². The molecule has 1 N–H and O–H groups in total. The van der Waals surface area contributed by atoms with Gasteiger partial charge in [0.05, 0.1) is 13.5 Å². The molecule has 0 aliphatic carbocycles. The van der Waals surface area contributed by atoms with E-state index < -0.39 is 5.97 Å². The summed E-state index contributed by atoms with van der Waals surface area (Å²) in [5.41, 5.74) is 5.52. The monoisotopic (exact) mass is 432 g/mol. The van der Waals surface area contributed by atoms with Crippen molar-refractivity contribution < 1.29 is 19.4 Å². The molecule has 4 nitrogen and oxygen atoms in total. The fourth-order valence-corrected chi connectivity index (χ4v) is 4.09. The molecule has 0 saturated carbocycles. The van der Waals surface area contributed by atoms with Crippen LogP contribution >= 0.6 is 0 Å². The zero-order chi connectivity index (χ0) is 23.3. The second-order valence-corrected chi connectivity index (χ2v) is 9.18. The number of hydrogen-bond acceptors (Lipinski definition) is 3. The first-order chi connectivity index (χ1) is 15.2. The lowest BCUT2D eigenvalue weighted by atomic mass is 9.79. The average molecular weight is 433 g/mol. The minimum atomic E-state index is -0.798. The number of methoxy groups -OCH3 is 1. The third-order valence-corrected chi connectivity index (χ3v) is 5.58. The number of carboxylic acids is 1. The normalized spacial score (nSPS) is 12.3. The fourth-order valence-electron chi connectivity index (χ4n) is 4.09. The van der Waals surface area contributed by atoms with Gasteiger partial charge in [-0.3, -0.25) is 4.79 Å². The van der Waals surface area contributed by atoms with Crippen LogP contribution in [-0.2, 0) is 16.8 Å². The van der Waals surface area contributed by atoms with E-state index in [1.807, 2.05) is 43.3 Å². The van der Waals surface area contributed by atoms with Gasteiger partial charge in [0, 0.05) is 0 Å². The summed E-state index contributed by atoms with van der Waals surface area (Å²) in [7, 11) is 1.68. The summed E-state index contributed by atoms with van der Waals surface area (Å²) in [6.45, 7) is 8.99. The molecule has 3 aromatic carbocycles. The van der Waals surface area contributed by atoms with Crippen molar-refractivity contribution in [2.24, 2.45) is 0 Å². The molecule has 4 heteroatoms. The maximum Gasteiger partial charge on any atom is 0.303 e. The highest BCUT2D eigenvalue weighted by Gasteiger charge is 2.23. The van der Waals surface area contributed by atoms with Crippen molar-refractivity contribution in [2.75, 3.05) is 7.11 Å². The van der Waals surface area contributed by atoms with Gasteiger partial charge >= 0.3 is 5.97 Å². The summed E-state index contributed by atoms with van der Waals surface area (Å²) in [6, 6.07) is 22.2. The molecule has 3 rings (SSSR count). The largest absolute Gasteiger partial charge is 0.497 e. The Kier molecular flexibility index (Phi) is 7.24. The van der Waals surface area contributed by atoms with E-state index >= 15 is 0 Å². The highest BCUT2D eigenvalue weighted by molar-refractivity contribution is 5.71. The SMILES string of the molecule is COc1cccc(-c2cccc(COc3cccc([C@H](C)CC(=O)O)c3)c2C(C)(C)C)c1. The number of aliphatic carboxylic acids is 1. The number of carbonyl (C=O) groups is 1. The molecule has 168 valence electrons. The van der Waals surface area contributed by atoms with Crippen molar-refractivity contribution >= 4 is 5.97 Å². The molecule has 0 aromatic heterocycles. The molecule has 0 fully saturated rings. The molecule has 1 atom stereocenters. The topological polar surface area (TPSA) is 55.8 Å². The van der Waals surface area contributed by atoms with E-state index in [9.17, 15) is 4.79 Å². The van der Waals surface area contributed by atoms with Gasteiger partial charge in [-0.2, -0.15) is 0 Å². The minimum absolute atomic E-state index is 0.0717. The van der Waals surface area contributed by atoms with Crippen LogP contribution in [0.1, 0.15) is 56.7 Å². The molecule has 0 unspecified atom stereocenters. The van der Waals surface area contributed by atoms with Crippen molar-refractivity contribution in [1.82, 2.24) is 0 Å². The van der Waals surface area contributed by atoms with Crippen LogP contribution in [0.5, 0.6) is 11.5 Å². The van der Waals surface area contributed by atoms with Crippen molar-refractivity contribution in [1.29, 1.82) is 0 Å². The Hall–Kier alpha value is -3.27. The van der Waals surface area contributed by atoms with Crippen LogP contribution in [0.3, 0.4) is 0 Å². The van der Waals surface area contributed by atoms with Crippen LogP contribution in [0, 0.1) is 0 Å². The summed E-state index contributed by atoms with van der Waals surface area (Å²) in [4.78, 5) is 11.1. The lowest BCUT2D eigenvalue weighted by molar-refractivity contribution is -0.137. The molecular weight excluding hydrogens is 400 g/mol. The summed E-state index contributed by atoms with van der Waals surface area (Å²) < 4.78 is 11.6. The van der Waals surface area contributed by atoms with E-state index in [2.05, 4.69) is 51.1 Å². The van der Waals surface area contributed by atoms with Crippen molar-refractivity contribution in [2.45, 2.75) is 52.1 Å². The Balaban J connectivity index is 1.91. The van der Waals surface area contributed by atoms with E-state index in [1.165, 1.54) is 11.1 Å². The first kappa shape index (κ1) is 23.4. The van der Waals surface area contributed by atoms with Gasteiger partial charge in [0.2, 0.25) is 0 Å². The molecule has 0 saturated heterocycles. The number of hydrogen-bond donors (Lipinski definition) is 1. The van der Waals surface area contributed by atoms with Crippen molar-refractivity contribution in [3.63, 3.8) is 0 Å². The Morgan fingerprint density at radius 2 is 1.66 bits per heavy atom. The van der Waals surface area contributed by atoms with Gasteiger partial charge in [-0.05, 0) is 63.4 Å². The van der Waals surface area contributed by atoms with E-state index in [1.54, 1.807) is 7.11 Å². The molecular formula is C28H32O4. The van der Waals surface area contributed by atoms with Gasteiger partial charge < -0.3 is 14.6 Å². The summed E-state index contributed by atoms with van der Waals surface area (Å²) in [5.74, 6) is 0.702. The highest BCUT2D eigenvalue weighted by atomic mass is 16.5. The van der Waals surface area contributed by atoms with Crippen LogP contribution in [0.25, 0.3) is 11.1 Å². The number of benzene rings is 3. The predicted molar refractivity (Wildman–Crippen MR) is 129 cm³/mol. The molecule has 0 amide bonds. The molecule has 3 aromatic rings. The smallest absolute Gasteiger partial charge is 0.303 e. The molecule has 32 heavy (non-hydrogen) atoms. The number of ether oxygens (including phenoxy) is 2. The van der Waals surface area contributed by atoms with E-state index in [0.717, 1.165) is 28.2 Å². The zero-order valence-electron chi connectivity index (χ0n) is 19.5. The van der Waals surface area contributed by atoms with Gasteiger partial charge in [0.15, 0.2) is 0 Å². The second kappa shape index (κ2) is 9.90. The maximum atomic E-state index is 11.1. The Bertz CT molecular complexity index is 1080. The first-order valence-corrected chi connectivity index (χ1v) is 10.9. The zero-order valence-corrected chi connectivity index (χ0v) is 19.5. The van der Waals surface area contributed by atoms with Gasteiger partial charge in [0.25, 0.3) is 0 Å². The van der Waals surface area contributed by atoms with Gasteiger partial charge in [-0.1, -0.05) is 70.2 Å². The first-order valence-electron chi connectivity index (χ1n) is 10.9. The van der Waals surface area contributed by atoms with E-state index in [4.69, 9.17) is 14.6 Å². The lowest BCUT2D eigenvalue weighted by Crippen LogP contribution is -2.17. The average Bonchev–Trinajstić information content (AvgIpc) is 2.76. The number of carboxylic acid groups (broad SMARTS) is 1. The van der Waals surface area contributed by atoms with Crippen molar-refractivity contribution in [3.05, 3.63) is 83.4 Å². The van der Waals surface area contributed by atoms with Crippen LogP contribution in [0.2, 0.25) is 0 Å².